The van der Waals surface area contributed by atoms with Gasteiger partial charge in [0.2, 0.25) is 5.91 Å². The van der Waals surface area contributed by atoms with Crippen LogP contribution in [0.5, 0.6) is 0 Å². The van der Waals surface area contributed by atoms with E-state index >= 15 is 0 Å². The number of fused-ring (bicyclic) bond motifs is 1. The van der Waals surface area contributed by atoms with Crippen LogP contribution < -0.4 is 4.90 Å². The Labute approximate surface area is 136 Å². The van der Waals surface area contributed by atoms with Gasteiger partial charge in [-0.1, -0.05) is 23.7 Å². The molecule has 3 rings (SSSR count). The van der Waals surface area contributed by atoms with Crippen molar-refractivity contribution in [1.29, 1.82) is 0 Å². The minimum atomic E-state index is -3.06. The Balaban J connectivity index is 1.80. The highest BCUT2D eigenvalue weighted by Gasteiger charge is 2.47. The van der Waals surface area contributed by atoms with E-state index in [0.29, 0.717) is 18.0 Å². The molecular weight excluding hydrogens is 322 g/mol. The van der Waals surface area contributed by atoms with Crippen LogP contribution in [-0.2, 0) is 21.1 Å². The van der Waals surface area contributed by atoms with E-state index in [-0.39, 0.29) is 17.1 Å². The number of rotatable bonds is 4. The topological polar surface area (TPSA) is 54.5 Å². The van der Waals surface area contributed by atoms with Gasteiger partial charge in [0.15, 0.2) is 0 Å². The van der Waals surface area contributed by atoms with Gasteiger partial charge in [0.05, 0.1) is 16.5 Å². The number of hydrogen-bond donors (Lipinski definition) is 0. The van der Waals surface area contributed by atoms with E-state index in [1.165, 1.54) is 6.26 Å². The molecule has 0 aromatic heterocycles. The number of halogens is 1. The second-order valence-corrected chi connectivity index (χ2v) is 9.19. The maximum Gasteiger partial charge on any atom is 0.227 e. The third-order valence-electron chi connectivity index (χ3n) is 4.52. The molecule has 0 bridgehead atoms. The number of aryl methyl sites for hydroxylation is 1. The zero-order valence-corrected chi connectivity index (χ0v) is 14.2. The number of benzene rings is 1. The van der Waals surface area contributed by atoms with Crippen molar-refractivity contribution in [3.05, 3.63) is 28.8 Å². The summed E-state index contributed by atoms with van der Waals surface area (Å²) in [5.41, 5.74) is 1.57. The number of nitrogens with zero attached hydrogens (tertiary/aromatic N) is 1. The fourth-order valence-electron chi connectivity index (χ4n) is 3.37. The first-order chi connectivity index (χ1) is 10.3. The van der Waals surface area contributed by atoms with Crippen LogP contribution in [0.1, 0.15) is 31.2 Å². The zero-order chi connectivity index (χ0) is 16.0. The molecule has 1 amide bonds. The summed E-state index contributed by atoms with van der Waals surface area (Å²) in [5.74, 6) is 0.102. The lowest BCUT2D eigenvalue weighted by molar-refractivity contribution is -0.119. The summed E-state index contributed by atoms with van der Waals surface area (Å²) in [6, 6.07) is 5.71. The molecule has 2 aliphatic rings. The smallest absolute Gasteiger partial charge is 0.227 e. The fourth-order valence-corrected chi connectivity index (χ4v) is 5.17. The summed E-state index contributed by atoms with van der Waals surface area (Å²) in [6.45, 7) is 0.657. The van der Waals surface area contributed by atoms with E-state index in [9.17, 15) is 13.2 Å². The van der Waals surface area contributed by atoms with Crippen molar-refractivity contribution >= 4 is 33.0 Å². The van der Waals surface area contributed by atoms with E-state index in [4.69, 9.17) is 11.6 Å². The van der Waals surface area contributed by atoms with Gasteiger partial charge in [0, 0.05) is 19.2 Å². The van der Waals surface area contributed by atoms with Crippen LogP contribution in [0.2, 0.25) is 5.02 Å². The molecule has 0 unspecified atom stereocenters. The van der Waals surface area contributed by atoms with Crippen LogP contribution in [0.3, 0.4) is 0 Å². The van der Waals surface area contributed by atoms with Gasteiger partial charge >= 0.3 is 0 Å². The lowest BCUT2D eigenvalue weighted by Gasteiger charge is -2.31. The molecular formula is C16H20ClNO3S. The Kier molecular flexibility index (Phi) is 3.98. The number of hydrogen-bond acceptors (Lipinski definition) is 3. The molecule has 1 aromatic rings. The standard InChI is InChI=1S/C16H20ClNO3S/c1-22(20,21)11-16(7-8-16)10-14(19)18-9-3-5-12-4-2-6-13(17)15(12)18/h2,4,6H,3,5,7-11H2,1H3. The van der Waals surface area contributed by atoms with Crippen molar-refractivity contribution in [2.24, 2.45) is 5.41 Å². The molecule has 1 aliphatic heterocycles. The van der Waals surface area contributed by atoms with Crippen LogP contribution in [0.15, 0.2) is 18.2 Å². The molecule has 0 atom stereocenters. The van der Waals surface area contributed by atoms with Gasteiger partial charge in [0.25, 0.3) is 0 Å². The Morgan fingerprint density at radius 2 is 2.09 bits per heavy atom. The summed E-state index contributed by atoms with van der Waals surface area (Å²) in [6.07, 6.45) is 5.01. The lowest BCUT2D eigenvalue weighted by Crippen LogP contribution is -2.37. The summed E-state index contributed by atoms with van der Waals surface area (Å²) in [5, 5.41) is 0.596. The number of amides is 1. The van der Waals surface area contributed by atoms with Gasteiger partial charge in [-0.3, -0.25) is 4.79 Å². The largest absolute Gasteiger partial charge is 0.311 e. The van der Waals surface area contributed by atoms with E-state index in [0.717, 1.165) is 36.9 Å². The van der Waals surface area contributed by atoms with Gasteiger partial charge in [-0.25, -0.2) is 8.42 Å². The highest BCUT2D eigenvalue weighted by molar-refractivity contribution is 7.90. The minimum Gasteiger partial charge on any atom is -0.311 e. The summed E-state index contributed by atoms with van der Waals surface area (Å²) in [4.78, 5) is 14.5. The van der Waals surface area contributed by atoms with Crippen LogP contribution in [0.25, 0.3) is 0 Å². The summed E-state index contributed by atoms with van der Waals surface area (Å²) >= 11 is 6.28. The maximum atomic E-state index is 12.7. The third kappa shape index (κ3) is 3.30. The number of carbonyl (C=O) groups is 1. The molecule has 0 N–H and O–H groups in total. The van der Waals surface area contributed by atoms with E-state index in [1.54, 1.807) is 11.0 Å². The average Bonchev–Trinajstić information content (AvgIpc) is 3.15. The third-order valence-corrected chi connectivity index (χ3v) is 5.96. The van der Waals surface area contributed by atoms with Crippen molar-refractivity contribution < 1.29 is 13.2 Å². The molecule has 6 heteroatoms. The van der Waals surface area contributed by atoms with Crippen LogP contribution in [0, 0.1) is 5.41 Å². The van der Waals surface area contributed by atoms with Gasteiger partial charge < -0.3 is 4.90 Å². The minimum absolute atomic E-state index is 0.00444. The first kappa shape index (κ1) is 15.8. The fraction of sp³-hybridized carbons (Fsp3) is 0.562. The summed E-state index contributed by atoms with van der Waals surface area (Å²) in [7, 11) is -3.06. The van der Waals surface area contributed by atoms with Crippen molar-refractivity contribution in [2.75, 3.05) is 23.5 Å². The SMILES string of the molecule is CS(=O)(=O)CC1(CC(=O)N2CCCc3cccc(Cl)c32)CC1. The predicted molar refractivity (Wildman–Crippen MR) is 88.1 cm³/mol. The van der Waals surface area contributed by atoms with E-state index in [2.05, 4.69) is 0 Å². The summed E-state index contributed by atoms with van der Waals surface area (Å²) < 4.78 is 23.1. The van der Waals surface area contributed by atoms with Gasteiger partial charge in [-0.2, -0.15) is 0 Å². The predicted octanol–water partition coefficient (Wildman–Crippen LogP) is 2.83. The van der Waals surface area contributed by atoms with Crippen molar-refractivity contribution in [3.8, 4) is 0 Å². The average molecular weight is 342 g/mol. The molecule has 0 radical (unpaired) electrons. The maximum absolute atomic E-state index is 12.7. The first-order valence-corrected chi connectivity index (χ1v) is 9.99. The lowest BCUT2D eigenvalue weighted by atomic mass is 9.99. The van der Waals surface area contributed by atoms with Crippen LogP contribution in [-0.4, -0.2) is 32.9 Å². The molecule has 1 fully saturated rings. The van der Waals surface area contributed by atoms with Crippen LogP contribution in [0.4, 0.5) is 5.69 Å². The van der Waals surface area contributed by atoms with Gasteiger partial charge in [-0.15, -0.1) is 0 Å². The number of carbonyl (C=O) groups excluding carboxylic acids is 1. The quantitative estimate of drug-likeness (QED) is 0.846. The van der Waals surface area contributed by atoms with E-state index < -0.39 is 9.84 Å². The Morgan fingerprint density at radius 1 is 1.36 bits per heavy atom. The number of sulfone groups is 1. The number of anilines is 1. The molecule has 0 spiro atoms. The molecule has 120 valence electrons. The molecule has 1 aliphatic carbocycles. The number of para-hydroxylation sites is 1. The van der Waals surface area contributed by atoms with Crippen molar-refractivity contribution in [3.63, 3.8) is 0 Å². The van der Waals surface area contributed by atoms with Crippen LogP contribution >= 0.6 is 11.6 Å². The molecule has 1 saturated carbocycles. The monoisotopic (exact) mass is 341 g/mol. The molecule has 0 saturated heterocycles. The van der Waals surface area contributed by atoms with Gasteiger partial charge in [-0.05, 0) is 42.7 Å². The molecule has 1 heterocycles. The highest BCUT2D eigenvalue weighted by atomic mass is 35.5. The van der Waals surface area contributed by atoms with Crippen molar-refractivity contribution in [2.45, 2.75) is 32.1 Å². The zero-order valence-electron chi connectivity index (χ0n) is 12.6. The second-order valence-electron chi connectivity index (χ2n) is 6.64. The second kappa shape index (κ2) is 5.53. The Morgan fingerprint density at radius 3 is 2.73 bits per heavy atom. The molecule has 1 aromatic carbocycles. The molecule has 4 nitrogen and oxygen atoms in total. The van der Waals surface area contributed by atoms with Gasteiger partial charge in [0.1, 0.15) is 9.84 Å². The highest BCUT2D eigenvalue weighted by Crippen LogP contribution is 2.50. The molecule has 22 heavy (non-hydrogen) atoms. The Bertz CT molecular complexity index is 710. The normalized spacial score (nSPS) is 19.6. The van der Waals surface area contributed by atoms with E-state index in [1.807, 2.05) is 12.1 Å². The van der Waals surface area contributed by atoms with Crippen molar-refractivity contribution in [1.82, 2.24) is 0 Å². The first-order valence-electron chi connectivity index (χ1n) is 7.55. The Hall–Kier alpha value is -1.07.